The Morgan fingerprint density at radius 3 is 2.89 bits per heavy atom. The molecule has 0 bridgehead atoms. The van der Waals surface area contributed by atoms with E-state index in [1.165, 1.54) is 35.0 Å². The van der Waals surface area contributed by atoms with E-state index in [2.05, 4.69) is 15.3 Å². The van der Waals surface area contributed by atoms with E-state index in [0.717, 1.165) is 28.1 Å². The molecule has 0 atom stereocenters. The molecule has 3 aromatic heterocycles. The van der Waals surface area contributed by atoms with Gasteiger partial charge in [-0.05, 0) is 50.3 Å². The fourth-order valence-electron chi connectivity index (χ4n) is 3.39. The molecule has 140 valence electrons. The van der Waals surface area contributed by atoms with Crippen LogP contribution >= 0.6 is 23.1 Å². The van der Waals surface area contributed by atoms with E-state index in [1.807, 2.05) is 6.92 Å². The van der Waals surface area contributed by atoms with Crippen molar-refractivity contribution in [2.45, 2.75) is 37.6 Å². The van der Waals surface area contributed by atoms with E-state index in [4.69, 9.17) is 0 Å². The Morgan fingerprint density at radius 2 is 2.11 bits per heavy atom. The van der Waals surface area contributed by atoms with E-state index in [-0.39, 0.29) is 17.6 Å². The first-order chi connectivity index (χ1) is 13.0. The molecule has 3 heterocycles. The number of carbonyl (C=O) groups excluding carboxylic acids is 2. The summed E-state index contributed by atoms with van der Waals surface area (Å²) in [5.74, 6) is 0.153. The molecular formula is C19H20N4O2S2. The normalized spacial score (nSPS) is 13.6. The lowest BCUT2D eigenvalue weighted by Crippen LogP contribution is -2.33. The highest BCUT2D eigenvalue weighted by Crippen LogP contribution is 2.39. The highest BCUT2D eigenvalue weighted by molar-refractivity contribution is 8.00. The maximum Gasteiger partial charge on any atom is 0.274 e. The lowest BCUT2D eigenvalue weighted by Gasteiger charge is -2.11. The third-order valence-corrected chi connectivity index (χ3v) is 6.82. The second-order valence-corrected chi connectivity index (χ2v) is 8.69. The van der Waals surface area contributed by atoms with Gasteiger partial charge in [-0.15, -0.1) is 11.3 Å². The molecule has 8 heteroatoms. The molecule has 3 aromatic rings. The fourth-order valence-corrected chi connectivity index (χ4v) is 5.66. The Morgan fingerprint density at radius 1 is 1.30 bits per heavy atom. The first-order valence-electron chi connectivity index (χ1n) is 8.90. The standard InChI is InChI=1S/C19H20N4O2S2/c1-11-20-18(16-12-6-3-4-8-14(12)27-19(16)21-11)26-10-15(24)22-17(25)13-7-5-9-23(13)2/h5,7,9H,3-4,6,8,10H2,1-2H3,(H,22,24,25). The van der Waals surface area contributed by atoms with Gasteiger partial charge in [0.2, 0.25) is 5.91 Å². The number of hydrogen-bond donors (Lipinski definition) is 1. The Kier molecular flexibility index (Phi) is 5.01. The first kappa shape index (κ1) is 18.2. The number of amides is 2. The average Bonchev–Trinajstić information content (AvgIpc) is 3.22. The molecule has 1 aliphatic carbocycles. The van der Waals surface area contributed by atoms with Gasteiger partial charge in [0.25, 0.3) is 5.91 Å². The summed E-state index contributed by atoms with van der Waals surface area (Å²) in [7, 11) is 1.77. The van der Waals surface area contributed by atoms with Gasteiger partial charge in [-0.1, -0.05) is 11.8 Å². The van der Waals surface area contributed by atoms with Gasteiger partial charge in [0.1, 0.15) is 21.4 Å². The van der Waals surface area contributed by atoms with Gasteiger partial charge in [0.15, 0.2) is 0 Å². The molecule has 6 nitrogen and oxygen atoms in total. The number of imide groups is 1. The van der Waals surface area contributed by atoms with E-state index in [9.17, 15) is 9.59 Å². The molecule has 0 saturated heterocycles. The van der Waals surface area contributed by atoms with Gasteiger partial charge in [0.05, 0.1) is 5.75 Å². The Hall–Kier alpha value is -2.19. The van der Waals surface area contributed by atoms with Crippen LogP contribution in [0.25, 0.3) is 10.2 Å². The maximum absolute atomic E-state index is 12.3. The number of thioether (sulfide) groups is 1. The van der Waals surface area contributed by atoms with Gasteiger partial charge >= 0.3 is 0 Å². The lowest BCUT2D eigenvalue weighted by molar-refractivity contribution is -0.117. The molecular weight excluding hydrogens is 380 g/mol. The van der Waals surface area contributed by atoms with Crippen LogP contribution in [0.4, 0.5) is 0 Å². The molecule has 0 fully saturated rings. The monoisotopic (exact) mass is 400 g/mol. The summed E-state index contributed by atoms with van der Waals surface area (Å²) in [6.45, 7) is 1.88. The van der Waals surface area contributed by atoms with Crippen LogP contribution in [-0.2, 0) is 24.7 Å². The largest absolute Gasteiger partial charge is 0.347 e. The third-order valence-electron chi connectivity index (χ3n) is 4.66. The Bertz CT molecular complexity index is 1040. The number of fused-ring (bicyclic) bond motifs is 3. The fraction of sp³-hybridized carbons (Fsp3) is 0.368. The van der Waals surface area contributed by atoms with Crippen LogP contribution < -0.4 is 5.32 Å². The molecule has 0 aromatic carbocycles. The van der Waals surface area contributed by atoms with E-state index >= 15 is 0 Å². The highest BCUT2D eigenvalue weighted by Gasteiger charge is 2.21. The number of thiophene rings is 1. The van der Waals surface area contributed by atoms with Crippen LogP contribution in [0.5, 0.6) is 0 Å². The number of nitrogens with one attached hydrogen (secondary N) is 1. The summed E-state index contributed by atoms with van der Waals surface area (Å²) in [5.41, 5.74) is 1.81. The minimum Gasteiger partial charge on any atom is -0.347 e. The molecule has 27 heavy (non-hydrogen) atoms. The maximum atomic E-state index is 12.3. The van der Waals surface area contributed by atoms with Crippen LogP contribution in [0.3, 0.4) is 0 Å². The van der Waals surface area contributed by atoms with Crippen LogP contribution in [0.15, 0.2) is 23.4 Å². The van der Waals surface area contributed by atoms with Gasteiger partial charge in [-0.25, -0.2) is 9.97 Å². The average molecular weight is 401 g/mol. The van der Waals surface area contributed by atoms with E-state index in [0.29, 0.717) is 11.5 Å². The predicted molar refractivity (Wildman–Crippen MR) is 107 cm³/mol. The SMILES string of the molecule is Cc1nc(SCC(=O)NC(=O)c2cccn2C)c2c3c(sc2n1)CCCC3. The summed E-state index contributed by atoms with van der Waals surface area (Å²) < 4.78 is 1.69. The van der Waals surface area contributed by atoms with Crippen molar-refractivity contribution in [1.29, 1.82) is 0 Å². The van der Waals surface area contributed by atoms with Crippen molar-refractivity contribution in [2.24, 2.45) is 7.05 Å². The summed E-state index contributed by atoms with van der Waals surface area (Å²) in [6, 6.07) is 3.46. The van der Waals surface area contributed by atoms with Crippen LogP contribution in [0.2, 0.25) is 0 Å². The highest BCUT2D eigenvalue weighted by atomic mass is 32.2. The molecule has 0 unspecified atom stereocenters. The lowest BCUT2D eigenvalue weighted by atomic mass is 9.97. The van der Waals surface area contributed by atoms with Crippen molar-refractivity contribution < 1.29 is 9.59 Å². The molecule has 1 N–H and O–H groups in total. The van der Waals surface area contributed by atoms with Gasteiger partial charge in [0, 0.05) is 23.5 Å². The van der Waals surface area contributed by atoms with Crippen molar-refractivity contribution in [3.05, 3.63) is 40.3 Å². The molecule has 0 radical (unpaired) electrons. The van der Waals surface area contributed by atoms with E-state index < -0.39 is 0 Å². The minimum absolute atomic E-state index is 0.145. The third kappa shape index (κ3) is 3.64. The summed E-state index contributed by atoms with van der Waals surface area (Å²) in [6.07, 6.45) is 6.33. The van der Waals surface area contributed by atoms with Gasteiger partial charge in [-0.2, -0.15) is 0 Å². The van der Waals surface area contributed by atoms with Crippen molar-refractivity contribution in [3.8, 4) is 0 Å². The first-order valence-corrected chi connectivity index (χ1v) is 10.7. The Balaban J connectivity index is 1.52. The summed E-state index contributed by atoms with van der Waals surface area (Å²) in [5, 5.41) is 4.40. The van der Waals surface area contributed by atoms with Crippen molar-refractivity contribution >= 4 is 45.1 Å². The zero-order valence-corrected chi connectivity index (χ0v) is 16.9. The second-order valence-electron chi connectivity index (χ2n) is 6.64. The smallest absolute Gasteiger partial charge is 0.274 e. The number of aryl methyl sites for hydroxylation is 4. The molecule has 2 amide bonds. The minimum atomic E-state index is -0.384. The molecule has 1 aliphatic rings. The Labute approximate surface area is 165 Å². The number of aromatic nitrogens is 3. The number of carbonyl (C=O) groups is 2. The summed E-state index contributed by atoms with van der Waals surface area (Å²) >= 11 is 3.13. The van der Waals surface area contributed by atoms with Crippen LogP contribution in [0, 0.1) is 6.92 Å². The molecule has 0 saturated carbocycles. The topological polar surface area (TPSA) is 76.9 Å². The number of rotatable bonds is 4. The van der Waals surface area contributed by atoms with Gasteiger partial charge in [-0.3, -0.25) is 14.9 Å². The molecule has 0 aliphatic heterocycles. The van der Waals surface area contributed by atoms with E-state index in [1.54, 1.807) is 41.3 Å². The molecule has 0 spiro atoms. The number of nitrogens with zero attached hydrogens (tertiary/aromatic N) is 3. The zero-order chi connectivity index (χ0) is 19.0. The number of hydrogen-bond acceptors (Lipinski definition) is 6. The van der Waals surface area contributed by atoms with Crippen molar-refractivity contribution in [2.75, 3.05) is 5.75 Å². The van der Waals surface area contributed by atoms with Crippen molar-refractivity contribution in [3.63, 3.8) is 0 Å². The quantitative estimate of drug-likeness (QED) is 0.537. The molecule has 4 rings (SSSR count). The summed E-state index contributed by atoms with van der Waals surface area (Å²) in [4.78, 5) is 36.1. The second kappa shape index (κ2) is 7.44. The van der Waals surface area contributed by atoms with Crippen LogP contribution in [0.1, 0.15) is 39.6 Å². The van der Waals surface area contributed by atoms with Crippen molar-refractivity contribution in [1.82, 2.24) is 19.9 Å². The van der Waals surface area contributed by atoms with Gasteiger partial charge < -0.3 is 4.57 Å². The zero-order valence-electron chi connectivity index (χ0n) is 15.2. The predicted octanol–water partition coefficient (Wildman–Crippen LogP) is 3.27. The van der Waals surface area contributed by atoms with Crippen LogP contribution in [-0.4, -0.2) is 32.1 Å².